The van der Waals surface area contributed by atoms with Crippen LogP contribution >= 0.6 is 0 Å². The number of aliphatic hydroxyl groups excluding tert-OH is 1. The minimum absolute atomic E-state index is 0.0231. The fourth-order valence-electron chi connectivity index (χ4n) is 3.92. The molecule has 3 rings (SSSR count). The topological polar surface area (TPSA) is 110 Å². The van der Waals surface area contributed by atoms with Gasteiger partial charge in [0, 0.05) is 32.5 Å². The quantitative estimate of drug-likeness (QED) is 0.684. The van der Waals surface area contributed by atoms with Crippen LogP contribution in [0.3, 0.4) is 0 Å². The molecule has 1 aromatic heterocycles. The van der Waals surface area contributed by atoms with Gasteiger partial charge in [-0.05, 0) is 18.9 Å². The Morgan fingerprint density at radius 1 is 1.35 bits per heavy atom. The van der Waals surface area contributed by atoms with E-state index in [2.05, 4.69) is 10.3 Å². The van der Waals surface area contributed by atoms with Gasteiger partial charge in [0.2, 0.25) is 5.91 Å². The average Bonchev–Trinajstić information content (AvgIpc) is 3.29. The summed E-state index contributed by atoms with van der Waals surface area (Å²) in [5.74, 6) is -0.129. The van der Waals surface area contributed by atoms with Gasteiger partial charge in [0.15, 0.2) is 0 Å². The lowest BCUT2D eigenvalue weighted by molar-refractivity contribution is -0.136. The number of benzene rings is 1. The summed E-state index contributed by atoms with van der Waals surface area (Å²) in [5.41, 5.74) is 1.73. The monoisotopic (exact) mass is 473 g/mol. The van der Waals surface area contributed by atoms with E-state index in [1.54, 1.807) is 22.8 Å². The summed E-state index contributed by atoms with van der Waals surface area (Å²) in [6.45, 7) is 5.42. The third kappa shape index (κ3) is 7.01. The largest absolute Gasteiger partial charge is 0.445 e. The van der Waals surface area contributed by atoms with Crippen molar-refractivity contribution in [1.82, 2.24) is 24.8 Å². The van der Waals surface area contributed by atoms with E-state index in [1.807, 2.05) is 44.2 Å². The molecule has 0 spiro atoms. The molecule has 2 heterocycles. The molecule has 10 nitrogen and oxygen atoms in total. The first-order chi connectivity index (χ1) is 16.4. The molecule has 1 N–H and O–H groups in total. The molecule has 34 heavy (non-hydrogen) atoms. The Morgan fingerprint density at radius 3 is 2.85 bits per heavy atom. The van der Waals surface area contributed by atoms with E-state index in [-0.39, 0.29) is 43.7 Å². The minimum atomic E-state index is -0.450. The summed E-state index contributed by atoms with van der Waals surface area (Å²) >= 11 is 0. The lowest BCUT2D eigenvalue weighted by Crippen LogP contribution is -2.48. The minimum Gasteiger partial charge on any atom is -0.445 e. The predicted molar refractivity (Wildman–Crippen MR) is 125 cm³/mol. The van der Waals surface area contributed by atoms with Crippen molar-refractivity contribution in [1.29, 1.82) is 0 Å². The van der Waals surface area contributed by atoms with Gasteiger partial charge in [-0.25, -0.2) is 9.48 Å². The van der Waals surface area contributed by atoms with Gasteiger partial charge in [-0.2, -0.15) is 0 Å². The number of fused-ring (bicyclic) bond motifs is 1. The van der Waals surface area contributed by atoms with Gasteiger partial charge in [0.1, 0.15) is 6.61 Å². The Labute approximate surface area is 200 Å². The maximum atomic E-state index is 12.9. The van der Waals surface area contributed by atoms with E-state index < -0.39 is 6.09 Å². The van der Waals surface area contributed by atoms with Crippen LogP contribution in [0.1, 0.15) is 37.9 Å². The Morgan fingerprint density at radius 2 is 2.12 bits per heavy atom. The normalized spacial score (nSPS) is 20.6. The zero-order valence-corrected chi connectivity index (χ0v) is 20.2. The number of ether oxygens (including phenoxy) is 2. The van der Waals surface area contributed by atoms with Crippen molar-refractivity contribution in [2.75, 3.05) is 26.7 Å². The highest BCUT2D eigenvalue weighted by Crippen LogP contribution is 2.18. The first-order valence-corrected chi connectivity index (χ1v) is 11.7. The molecular weight excluding hydrogens is 438 g/mol. The first-order valence-electron chi connectivity index (χ1n) is 11.7. The molecule has 0 unspecified atom stereocenters. The molecule has 1 aliphatic heterocycles. The number of rotatable bonds is 6. The third-order valence-corrected chi connectivity index (χ3v) is 6.11. The zero-order chi connectivity index (χ0) is 24.5. The number of aliphatic hydroxyl groups is 1. The van der Waals surface area contributed by atoms with Gasteiger partial charge in [-0.1, -0.05) is 42.5 Å². The molecule has 3 atom stereocenters. The van der Waals surface area contributed by atoms with Crippen molar-refractivity contribution in [2.45, 2.75) is 58.6 Å². The number of carbonyl (C=O) groups excluding carboxylic acids is 2. The van der Waals surface area contributed by atoms with Gasteiger partial charge in [-0.3, -0.25) is 4.79 Å². The van der Waals surface area contributed by atoms with E-state index in [9.17, 15) is 14.7 Å². The van der Waals surface area contributed by atoms with E-state index in [0.29, 0.717) is 32.5 Å². The number of aromatic nitrogens is 3. The number of aryl methyl sites for hydroxylation is 1. The van der Waals surface area contributed by atoms with Crippen LogP contribution in [0.15, 0.2) is 36.5 Å². The predicted octanol–water partition coefficient (Wildman–Crippen LogP) is 2.07. The van der Waals surface area contributed by atoms with Crippen molar-refractivity contribution in [3.63, 3.8) is 0 Å². The van der Waals surface area contributed by atoms with Crippen molar-refractivity contribution >= 4 is 12.0 Å². The van der Waals surface area contributed by atoms with Crippen molar-refractivity contribution in [3.8, 4) is 0 Å². The van der Waals surface area contributed by atoms with Gasteiger partial charge in [0.25, 0.3) is 0 Å². The molecule has 1 aromatic carbocycles. The Bertz CT molecular complexity index is 921. The van der Waals surface area contributed by atoms with Crippen LogP contribution in [0.25, 0.3) is 0 Å². The number of hydrogen-bond acceptors (Lipinski definition) is 7. The fourth-order valence-corrected chi connectivity index (χ4v) is 3.92. The van der Waals surface area contributed by atoms with Crippen LogP contribution in [0, 0.1) is 5.92 Å². The smallest absolute Gasteiger partial charge is 0.409 e. The Kier molecular flexibility index (Phi) is 9.41. The van der Waals surface area contributed by atoms with Gasteiger partial charge < -0.3 is 24.4 Å². The van der Waals surface area contributed by atoms with E-state index in [0.717, 1.165) is 11.3 Å². The number of nitrogens with zero attached hydrogens (tertiary/aromatic N) is 5. The summed E-state index contributed by atoms with van der Waals surface area (Å²) in [5, 5.41) is 17.8. The Hall–Kier alpha value is -2.98. The number of hydrogen-bond donors (Lipinski definition) is 1. The van der Waals surface area contributed by atoms with Crippen LogP contribution < -0.4 is 0 Å². The molecule has 186 valence electrons. The van der Waals surface area contributed by atoms with Crippen LogP contribution in [-0.2, 0) is 34.0 Å². The van der Waals surface area contributed by atoms with Crippen molar-refractivity contribution < 1.29 is 24.2 Å². The molecule has 2 aromatic rings. The second-order valence-corrected chi connectivity index (χ2v) is 8.88. The maximum Gasteiger partial charge on any atom is 0.409 e. The Balaban J connectivity index is 1.71. The second-order valence-electron chi connectivity index (χ2n) is 8.88. The molecular formula is C24H35N5O5. The van der Waals surface area contributed by atoms with Gasteiger partial charge >= 0.3 is 6.09 Å². The molecule has 1 aliphatic rings. The van der Waals surface area contributed by atoms with Gasteiger partial charge in [-0.15, -0.1) is 5.10 Å². The van der Waals surface area contributed by atoms with Crippen molar-refractivity contribution in [3.05, 3.63) is 47.8 Å². The molecule has 0 saturated heterocycles. The summed E-state index contributed by atoms with van der Waals surface area (Å²) in [7, 11) is 1.67. The van der Waals surface area contributed by atoms with Crippen molar-refractivity contribution in [2.24, 2.45) is 5.92 Å². The number of amides is 2. The van der Waals surface area contributed by atoms with Crippen LogP contribution in [0.2, 0.25) is 0 Å². The zero-order valence-electron chi connectivity index (χ0n) is 20.2. The molecule has 0 fully saturated rings. The maximum absolute atomic E-state index is 12.9. The SMILES string of the molecule is C[C@@H]1CN([C@@H](C)CO)C(=O)CCCn2nncc2CO[C@@H]1CN(C)C(=O)OCc1ccccc1. The molecule has 2 amide bonds. The highest BCUT2D eigenvalue weighted by molar-refractivity contribution is 5.76. The molecule has 0 saturated carbocycles. The van der Waals surface area contributed by atoms with E-state index in [4.69, 9.17) is 9.47 Å². The summed E-state index contributed by atoms with van der Waals surface area (Å²) in [4.78, 5) is 28.8. The summed E-state index contributed by atoms with van der Waals surface area (Å²) < 4.78 is 13.4. The van der Waals surface area contributed by atoms with Crippen LogP contribution in [0.4, 0.5) is 4.79 Å². The summed E-state index contributed by atoms with van der Waals surface area (Å²) in [6, 6.07) is 9.19. The highest BCUT2D eigenvalue weighted by atomic mass is 16.6. The number of carbonyl (C=O) groups is 2. The first kappa shape index (κ1) is 25.6. The molecule has 0 bridgehead atoms. The van der Waals surface area contributed by atoms with Crippen LogP contribution in [-0.4, -0.2) is 80.8 Å². The molecule has 0 radical (unpaired) electrons. The lowest BCUT2D eigenvalue weighted by atomic mass is 10.0. The van der Waals surface area contributed by atoms with E-state index >= 15 is 0 Å². The van der Waals surface area contributed by atoms with Crippen LogP contribution in [0.5, 0.6) is 0 Å². The highest BCUT2D eigenvalue weighted by Gasteiger charge is 2.29. The summed E-state index contributed by atoms with van der Waals surface area (Å²) in [6.07, 6.45) is 1.81. The van der Waals surface area contributed by atoms with E-state index in [1.165, 1.54) is 4.90 Å². The van der Waals surface area contributed by atoms with Gasteiger partial charge in [0.05, 0.1) is 43.8 Å². The average molecular weight is 474 g/mol. The standard InChI is InChI=1S/C24H35N5O5/c1-18-13-28(19(2)15-30)23(31)10-7-11-29-21(12-25-26-29)17-33-22(18)14-27(3)24(32)34-16-20-8-5-4-6-9-20/h4-6,8-9,12,18-19,22,30H,7,10-11,13-17H2,1-3H3/t18-,19+,22-/m1/s1. The second kappa shape index (κ2) is 12.5. The molecule has 0 aliphatic carbocycles. The fraction of sp³-hybridized carbons (Fsp3) is 0.583. The number of likely N-dealkylation sites (N-methyl/N-ethyl adjacent to an activating group) is 1. The molecule has 10 heteroatoms. The lowest BCUT2D eigenvalue weighted by Gasteiger charge is -2.35. The third-order valence-electron chi connectivity index (χ3n) is 6.11.